The smallest absolute Gasteiger partial charge is 0.274 e. The van der Waals surface area contributed by atoms with Gasteiger partial charge < -0.3 is 4.74 Å². The van der Waals surface area contributed by atoms with E-state index in [-0.39, 0.29) is 12.2 Å². The van der Waals surface area contributed by atoms with E-state index in [1.807, 2.05) is 48.5 Å². The summed E-state index contributed by atoms with van der Waals surface area (Å²) in [7, 11) is 0. The predicted octanol–water partition coefficient (Wildman–Crippen LogP) is 3.23. The summed E-state index contributed by atoms with van der Waals surface area (Å²) in [5.41, 5.74) is 2.50. The molecule has 2 heterocycles. The fourth-order valence-electron chi connectivity index (χ4n) is 2.61. The summed E-state index contributed by atoms with van der Waals surface area (Å²) in [6.45, 7) is 0.210. The first kappa shape index (κ1) is 15.9. The lowest BCUT2D eigenvalue weighted by Gasteiger charge is -2.05. The second kappa shape index (κ2) is 6.36. The lowest BCUT2D eigenvalue weighted by atomic mass is 10.2. The number of benzene rings is 2. The molecular weight excluding hydrogens is 400 g/mol. The molecule has 0 bridgehead atoms. The molecule has 0 unspecified atom stereocenters. The first-order chi connectivity index (χ1) is 12.2. The van der Waals surface area contributed by atoms with Gasteiger partial charge in [0.2, 0.25) is 0 Å². The van der Waals surface area contributed by atoms with Crippen molar-refractivity contribution in [1.82, 2.24) is 9.38 Å². The largest absolute Gasteiger partial charge is 0.480 e. The van der Waals surface area contributed by atoms with E-state index in [4.69, 9.17) is 11.2 Å². The van der Waals surface area contributed by atoms with Gasteiger partial charge in [0.15, 0.2) is 4.96 Å². The second-order valence-corrected chi connectivity index (χ2v) is 7.18. The quantitative estimate of drug-likeness (QED) is 0.487. The van der Waals surface area contributed by atoms with Gasteiger partial charge in [-0.3, -0.25) is 4.79 Å². The maximum Gasteiger partial charge on any atom is 0.274 e. The molecule has 0 spiro atoms. The number of rotatable bonds is 3. The van der Waals surface area contributed by atoms with Gasteiger partial charge in [0.25, 0.3) is 5.56 Å². The van der Waals surface area contributed by atoms with E-state index in [1.54, 1.807) is 4.40 Å². The topological polar surface area (TPSA) is 43.6 Å². The summed E-state index contributed by atoms with van der Waals surface area (Å²) in [4.78, 5) is 18.0. The lowest BCUT2D eigenvalue weighted by Crippen LogP contribution is -2.22. The highest BCUT2D eigenvalue weighted by Crippen LogP contribution is 2.26. The molecule has 0 aliphatic carbocycles. The summed E-state index contributed by atoms with van der Waals surface area (Å²) >= 11 is 4.84. The van der Waals surface area contributed by atoms with E-state index < -0.39 is 0 Å². The maximum atomic E-state index is 12.7. The van der Waals surface area contributed by atoms with Crippen molar-refractivity contribution < 1.29 is 4.74 Å². The highest BCUT2D eigenvalue weighted by molar-refractivity contribution is 9.10. The number of para-hydroxylation sites is 2. The number of fused-ring (bicyclic) bond motifs is 3. The summed E-state index contributed by atoms with van der Waals surface area (Å²) in [6, 6.07) is 13.2. The fraction of sp³-hybridized carbons (Fsp3) is 0.0526. The molecule has 0 atom stereocenters. The zero-order valence-corrected chi connectivity index (χ0v) is 15.3. The van der Waals surface area contributed by atoms with Gasteiger partial charge in [-0.05, 0) is 51.8 Å². The Morgan fingerprint density at radius 3 is 2.96 bits per heavy atom. The Labute approximate surface area is 155 Å². The van der Waals surface area contributed by atoms with Crippen molar-refractivity contribution in [3.05, 3.63) is 67.4 Å². The number of aromatic nitrogens is 2. The van der Waals surface area contributed by atoms with Crippen LogP contribution >= 0.6 is 27.3 Å². The third-order valence-corrected chi connectivity index (χ3v) is 5.30. The van der Waals surface area contributed by atoms with E-state index in [0.29, 0.717) is 15.2 Å². The van der Waals surface area contributed by atoms with Crippen LogP contribution in [0.25, 0.3) is 22.1 Å². The van der Waals surface area contributed by atoms with Crippen LogP contribution < -0.4 is 14.8 Å². The molecule has 6 heteroatoms. The molecule has 0 aliphatic heterocycles. The Hall–Kier alpha value is -2.62. The van der Waals surface area contributed by atoms with Crippen molar-refractivity contribution in [3.8, 4) is 18.1 Å². The van der Waals surface area contributed by atoms with Crippen molar-refractivity contribution in [1.29, 1.82) is 0 Å². The molecule has 2 aromatic heterocycles. The minimum Gasteiger partial charge on any atom is -0.480 e. The minimum atomic E-state index is -0.0579. The Kier molecular flexibility index (Phi) is 4.04. The van der Waals surface area contributed by atoms with Gasteiger partial charge in [0.1, 0.15) is 12.4 Å². The highest BCUT2D eigenvalue weighted by atomic mass is 79.9. The van der Waals surface area contributed by atoms with Gasteiger partial charge in [0, 0.05) is 0 Å². The minimum absolute atomic E-state index is 0.0579. The van der Waals surface area contributed by atoms with Gasteiger partial charge in [-0.15, -0.1) is 6.42 Å². The van der Waals surface area contributed by atoms with Crippen LogP contribution in [0.1, 0.15) is 5.56 Å². The third kappa shape index (κ3) is 2.82. The van der Waals surface area contributed by atoms with Crippen LogP contribution in [0.2, 0.25) is 0 Å². The molecule has 0 saturated heterocycles. The van der Waals surface area contributed by atoms with Crippen molar-refractivity contribution >= 4 is 49.3 Å². The van der Waals surface area contributed by atoms with Crippen LogP contribution in [0.5, 0.6) is 5.75 Å². The number of imidazole rings is 1. The molecule has 122 valence electrons. The van der Waals surface area contributed by atoms with Crippen molar-refractivity contribution in [3.63, 3.8) is 0 Å². The number of nitrogens with zero attached hydrogens (tertiary/aromatic N) is 2. The van der Waals surface area contributed by atoms with Crippen molar-refractivity contribution in [2.45, 2.75) is 0 Å². The zero-order valence-electron chi connectivity index (χ0n) is 12.9. The molecule has 0 aliphatic rings. The van der Waals surface area contributed by atoms with Gasteiger partial charge in [-0.25, -0.2) is 9.38 Å². The number of terminal acetylenes is 1. The van der Waals surface area contributed by atoms with Crippen LogP contribution in [-0.2, 0) is 0 Å². The number of ether oxygens (including phenoxy) is 1. The van der Waals surface area contributed by atoms with Crippen LogP contribution in [0.3, 0.4) is 0 Å². The molecule has 0 saturated carbocycles. The molecule has 0 N–H and O–H groups in total. The van der Waals surface area contributed by atoms with Crippen molar-refractivity contribution in [2.75, 3.05) is 6.61 Å². The average Bonchev–Trinajstić information content (AvgIpc) is 3.11. The average molecular weight is 411 g/mol. The second-order valence-electron chi connectivity index (χ2n) is 5.32. The van der Waals surface area contributed by atoms with Crippen LogP contribution in [-0.4, -0.2) is 16.0 Å². The van der Waals surface area contributed by atoms with E-state index in [9.17, 15) is 4.79 Å². The molecule has 4 aromatic rings. The fourth-order valence-corrected chi connectivity index (χ4v) is 4.10. The SMILES string of the molecule is C#CCOc1ccc(/C=c2\sc3nc4ccccc4n3c2=O)cc1Br. The molecule has 0 fully saturated rings. The standard InChI is InChI=1S/C19H11BrN2O2S/c1-2-9-24-16-8-7-12(10-13(16)20)11-17-18(23)22-15-6-4-3-5-14(15)21-19(22)25-17/h1,3-8,10-11H,9H2/b17-11-. The first-order valence-electron chi connectivity index (χ1n) is 7.45. The van der Waals surface area contributed by atoms with Crippen molar-refractivity contribution in [2.24, 2.45) is 0 Å². The summed E-state index contributed by atoms with van der Waals surface area (Å²) in [5.74, 6) is 3.10. The molecular formula is C19H11BrN2O2S. The van der Waals surface area contributed by atoms with Crippen LogP contribution in [0.4, 0.5) is 0 Å². The number of thiazole rings is 1. The van der Waals surface area contributed by atoms with Gasteiger partial charge in [-0.1, -0.05) is 35.5 Å². The lowest BCUT2D eigenvalue weighted by molar-refractivity contribution is 0.368. The first-order valence-corrected chi connectivity index (χ1v) is 9.06. The Balaban J connectivity index is 1.82. The third-order valence-electron chi connectivity index (χ3n) is 3.71. The monoisotopic (exact) mass is 410 g/mol. The van der Waals surface area contributed by atoms with E-state index in [0.717, 1.165) is 21.1 Å². The van der Waals surface area contributed by atoms with Crippen LogP contribution in [0, 0.1) is 12.3 Å². The normalized spacial score (nSPS) is 11.9. The maximum absolute atomic E-state index is 12.7. The molecule has 2 aromatic carbocycles. The summed E-state index contributed by atoms with van der Waals surface area (Å²) < 4.78 is 8.51. The number of hydrogen-bond acceptors (Lipinski definition) is 4. The van der Waals surface area contributed by atoms with Gasteiger partial charge in [0.05, 0.1) is 20.0 Å². The zero-order chi connectivity index (χ0) is 17.4. The molecule has 4 rings (SSSR count). The van der Waals surface area contributed by atoms with E-state index in [2.05, 4.69) is 26.8 Å². The predicted molar refractivity (Wildman–Crippen MR) is 104 cm³/mol. The van der Waals surface area contributed by atoms with Gasteiger partial charge >= 0.3 is 0 Å². The van der Waals surface area contributed by atoms with Gasteiger partial charge in [-0.2, -0.15) is 0 Å². The Morgan fingerprint density at radius 2 is 2.16 bits per heavy atom. The Morgan fingerprint density at radius 1 is 1.32 bits per heavy atom. The van der Waals surface area contributed by atoms with Crippen LogP contribution in [0.15, 0.2) is 51.7 Å². The highest BCUT2D eigenvalue weighted by Gasteiger charge is 2.10. The number of halogens is 1. The molecule has 4 nitrogen and oxygen atoms in total. The number of hydrogen-bond donors (Lipinski definition) is 0. The molecule has 25 heavy (non-hydrogen) atoms. The summed E-state index contributed by atoms with van der Waals surface area (Å²) in [5, 5.41) is 0. The summed E-state index contributed by atoms with van der Waals surface area (Å²) in [6.07, 6.45) is 7.06. The Bertz CT molecular complexity index is 1250. The van der Waals surface area contributed by atoms with E-state index >= 15 is 0 Å². The van der Waals surface area contributed by atoms with E-state index in [1.165, 1.54) is 11.3 Å². The molecule has 0 amide bonds. The molecule has 0 radical (unpaired) electrons.